The van der Waals surface area contributed by atoms with Crippen LogP contribution in [0.3, 0.4) is 0 Å². The number of ether oxygens (including phenoxy) is 1. The monoisotopic (exact) mass is 345 g/mol. The van der Waals surface area contributed by atoms with Gasteiger partial charge >= 0.3 is 5.97 Å². The largest absolute Gasteiger partial charge is 0.479 e. The number of likely N-dealkylation sites (N-methyl/N-ethyl adjacent to an activating group) is 1. The summed E-state index contributed by atoms with van der Waals surface area (Å²) in [6.45, 7) is 1.84. The quantitative estimate of drug-likeness (QED) is 0.910. The van der Waals surface area contributed by atoms with Crippen LogP contribution in [0.15, 0.2) is 18.2 Å². The van der Waals surface area contributed by atoms with Crippen molar-refractivity contribution in [2.24, 2.45) is 0 Å². The lowest BCUT2D eigenvalue weighted by molar-refractivity contribution is -0.155. The summed E-state index contributed by atoms with van der Waals surface area (Å²) in [5.74, 6) is -1.28. The molecule has 1 unspecified atom stereocenters. The Morgan fingerprint density at radius 3 is 2.50 bits per heavy atom. The first kappa shape index (κ1) is 17.1. The van der Waals surface area contributed by atoms with Crippen LogP contribution in [0.2, 0.25) is 10.0 Å². The summed E-state index contributed by atoms with van der Waals surface area (Å²) in [7, 11) is 1.65. The Morgan fingerprint density at radius 1 is 1.32 bits per heavy atom. The molecule has 1 aromatic carbocycles. The van der Waals surface area contributed by atoms with Gasteiger partial charge in [0.15, 0.2) is 6.10 Å². The Hall–Kier alpha value is -1.30. The van der Waals surface area contributed by atoms with Gasteiger partial charge in [0.25, 0.3) is 5.91 Å². The van der Waals surface area contributed by atoms with Crippen LogP contribution in [0, 0.1) is 0 Å². The van der Waals surface area contributed by atoms with Gasteiger partial charge in [-0.2, -0.15) is 0 Å². The predicted octanol–water partition coefficient (Wildman–Crippen LogP) is 3.15. The Labute approximate surface area is 138 Å². The van der Waals surface area contributed by atoms with Gasteiger partial charge in [0.2, 0.25) is 0 Å². The van der Waals surface area contributed by atoms with Gasteiger partial charge in [0.05, 0.1) is 6.04 Å². The fourth-order valence-corrected chi connectivity index (χ4v) is 3.03. The molecule has 2 rings (SSSR count). The highest BCUT2D eigenvalue weighted by Crippen LogP contribution is 2.31. The van der Waals surface area contributed by atoms with E-state index in [9.17, 15) is 9.59 Å². The van der Waals surface area contributed by atoms with Gasteiger partial charge in [-0.15, -0.1) is 0 Å². The highest BCUT2D eigenvalue weighted by molar-refractivity contribution is 6.35. The molecule has 1 N–H and O–H groups in total. The molecule has 7 heteroatoms. The van der Waals surface area contributed by atoms with Crippen LogP contribution in [0.25, 0.3) is 0 Å². The second-order valence-corrected chi connectivity index (χ2v) is 6.16. The number of carbonyl (C=O) groups excluding carboxylic acids is 1. The number of carbonyl (C=O) groups is 2. The van der Waals surface area contributed by atoms with Crippen LogP contribution < -0.4 is 0 Å². The van der Waals surface area contributed by atoms with E-state index in [2.05, 4.69) is 0 Å². The number of aliphatic carboxylic acids is 1. The first-order chi connectivity index (χ1) is 10.3. The summed E-state index contributed by atoms with van der Waals surface area (Å²) in [6, 6.07) is 4.84. The standard InChI is InChI=1S/C15H17Cl2NO4/c1-8(10-4-3-9(16)7-11(10)17)18(2)14(19)12-5-6-13(22-12)15(20)21/h3-4,7-8,12-13H,5-6H2,1-2H3,(H,20,21)/t8?,12-,13+/m0/s1. The van der Waals surface area contributed by atoms with Gasteiger partial charge in [-0.25, -0.2) is 4.79 Å². The number of nitrogens with zero attached hydrogens (tertiary/aromatic N) is 1. The number of hydrogen-bond donors (Lipinski definition) is 1. The minimum atomic E-state index is -1.04. The van der Waals surface area contributed by atoms with Crippen molar-refractivity contribution in [1.82, 2.24) is 4.90 Å². The summed E-state index contributed by atoms with van der Waals surface area (Å²) in [5.41, 5.74) is 0.773. The lowest BCUT2D eigenvalue weighted by atomic mass is 10.1. The van der Waals surface area contributed by atoms with Gasteiger partial charge in [-0.3, -0.25) is 4.79 Å². The fourth-order valence-electron chi connectivity index (χ4n) is 2.47. The third-order valence-corrected chi connectivity index (χ3v) is 4.47. The number of halogens is 2. The molecule has 1 aliphatic heterocycles. The third-order valence-electron chi connectivity index (χ3n) is 3.91. The van der Waals surface area contributed by atoms with E-state index in [-0.39, 0.29) is 11.9 Å². The number of amides is 1. The smallest absolute Gasteiger partial charge is 0.332 e. The molecule has 0 aromatic heterocycles. The van der Waals surface area contributed by atoms with E-state index >= 15 is 0 Å². The molecule has 1 fully saturated rings. The maximum atomic E-state index is 12.4. The van der Waals surface area contributed by atoms with E-state index < -0.39 is 18.2 Å². The molecule has 0 bridgehead atoms. The minimum absolute atomic E-state index is 0.248. The zero-order valence-electron chi connectivity index (χ0n) is 12.3. The molecule has 0 saturated carbocycles. The summed E-state index contributed by atoms with van der Waals surface area (Å²) >= 11 is 12.0. The zero-order valence-corrected chi connectivity index (χ0v) is 13.8. The van der Waals surface area contributed by atoms with Crippen LogP contribution in [0.5, 0.6) is 0 Å². The van der Waals surface area contributed by atoms with E-state index in [1.54, 1.807) is 25.2 Å². The van der Waals surface area contributed by atoms with Crippen molar-refractivity contribution in [2.75, 3.05) is 7.05 Å². The van der Waals surface area contributed by atoms with Crippen LogP contribution in [-0.4, -0.2) is 41.1 Å². The predicted molar refractivity (Wildman–Crippen MR) is 83.2 cm³/mol. The third kappa shape index (κ3) is 3.54. The second kappa shape index (κ2) is 6.86. The summed E-state index contributed by atoms with van der Waals surface area (Å²) < 4.78 is 5.30. The molecule has 3 atom stereocenters. The van der Waals surface area contributed by atoms with Crippen LogP contribution >= 0.6 is 23.2 Å². The van der Waals surface area contributed by atoms with E-state index in [0.717, 1.165) is 5.56 Å². The Bertz CT molecular complexity index is 593. The molecular weight excluding hydrogens is 329 g/mol. The number of hydrogen-bond acceptors (Lipinski definition) is 3. The lowest BCUT2D eigenvalue weighted by Gasteiger charge is -2.28. The van der Waals surface area contributed by atoms with Crippen LogP contribution in [0.4, 0.5) is 0 Å². The van der Waals surface area contributed by atoms with Crippen molar-refractivity contribution >= 4 is 35.1 Å². The molecule has 0 aliphatic carbocycles. The normalized spacial score (nSPS) is 22.4. The van der Waals surface area contributed by atoms with Crippen LogP contribution in [0.1, 0.15) is 31.4 Å². The summed E-state index contributed by atoms with van der Waals surface area (Å²) in [5, 5.41) is 9.93. The molecular formula is C15H17Cl2NO4. The van der Waals surface area contributed by atoms with Crippen molar-refractivity contribution < 1.29 is 19.4 Å². The van der Waals surface area contributed by atoms with Gasteiger partial charge in [-0.05, 0) is 37.5 Å². The summed E-state index contributed by atoms with van der Waals surface area (Å²) in [4.78, 5) is 24.9. The molecule has 5 nitrogen and oxygen atoms in total. The lowest BCUT2D eigenvalue weighted by Crippen LogP contribution is -2.38. The molecule has 1 saturated heterocycles. The highest BCUT2D eigenvalue weighted by atomic mass is 35.5. The molecule has 1 heterocycles. The van der Waals surface area contributed by atoms with Crippen LogP contribution in [-0.2, 0) is 14.3 Å². The average molecular weight is 346 g/mol. The molecule has 1 aliphatic rings. The SMILES string of the molecule is CC(c1ccc(Cl)cc1Cl)N(C)C(=O)[C@@H]1CC[C@H](C(=O)O)O1. The molecule has 1 amide bonds. The Balaban J connectivity index is 2.08. The summed E-state index contributed by atoms with van der Waals surface area (Å²) in [6.07, 6.45) is -0.881. The van der Waals surface area contributed by atoms with E-state index in [1.165, 1.54) is 4.90 Å². The van der Waals surface area contributed by atoms with Gasteiger partial charge in [0, 0.05) is 17.1 Å². The fraction of sp³-hybridized carbons (Fsp3) is 0.467. The van der Waals surface area contributed by atoms with Crippen molar-refractivity contribution in [1.29, 1.82) is 0 Å². The number of carboxylic acids is 1. The van der Waals surface area contributed by atoms with Crippen molar-refractivity contribution in [3.8, 4) is 0 Å². The minimum Gasteiger partial charge on any atom is -0.479 e. The highest BCUT2D eigenvalue weighted by Gasteiger charge is 2.37. The van der Waals surface area contributed by atoms with Gasteiger partial charge < -0.3 is 14.7 Å². The molecule has 0 radical (unpaired) electrons. The van der Waals surface area contributed by atoms with E-state index in [1.807, 2.05) is 6.92 Å². The zero-order chi connectivity index (χ0) is 16.4. The first-order valence-electron chi connectivity index (χ1n) is 6.91. The topological polar surface area (TPSA) is 66.8 Å². The molecule has 120 valence electrons. The number of rotatable bonds is 4. The Morgan fingerprint density at radius 2 is 1.95 bits per heavy atom. The molecule has 22 heavy (non-hydrogen) atoms. The molecule has 0 spiro atoms. The van der Waals surface area contributed by atoms with E-state index in [0.29, 0.717) is 22.9 Å². The van der Waals surface area contributed by atoms with Gasteiger partial charge in [0.1, 0.15) is 6.10 Å². The Kier molecular flexibility index (Phi) is 5.32. The van der Waals surface area contributed by atoms with Crippen molar-refractivity contribution in [2.45, 2.75) is 38.0 Å². The maximum absolute atomic E-state index is 12.4. The second-order valence-electron chi connectivity index (χ2n) is 5.32. The average Bonchev–Trinajstić information content (AvgIpc) is 2.95. The molecule has 1 aromatic rings. The maximum Gasteiger partial charge on any atom is 0.332 e. The van der Waals surface area contributed by atoms with Crippen molar-refractivity contribution in [3.05, 3.63) is 33.8 Å². The van der Waals surface area contributed by atoms with Gasteiger partial charge in [-0.1, -0.05) is 29.3 Å². The number of benzene rings is 1. The number of carboxylic acid groups (broad SMARTS) is 1. The van der Waals surface area contributed by atoms with E-state index in [4.69, 9.17) is 33.0 Å². The first-order valence-corrected chi connectivity index (χ1v) is 7.66. The van der Waals surface area contributed by atoms with Crippen molar-refractivity contribution in [3.63, 3.8) is 0 Å².